The number of halogens is 5. The Bertz CT molecular complexity index is 1370. The number of pyridine rings is 1. The van der Waals surface area contributed by atoms with Crippen LogP contribution in [0.1, 0.15) is 28.2 Å². The van der Waals surface area contributed by atoms with Gasteiger partial charge in [-0.15, -0.1) is 0 Å². The van der Waals surface area contributed by atoms with Gasteiger partial charge >= 0.3 is 6.18 Å². The zero-order valence-corrected chi connectivity index (χ0v) is 21.3. The lowest BCUT2D eigenvalue weighted by Gasteiger charge is -2.33. The number of nitrogens with zero attached hydrogens (tertiary/aromatic N) is 4. The quantitative estimate of drug-likeness (QED) is 0.373. The van der Waals surface area contributed by atoms with Crippen molar-refractivity contribution in [3.05, 3.63) is 66.3 Å². The Morgan fingerprint density at radius 2 is 2.08 bits per heavy atom. The van der Waals surface area contributed by atoms with Crippen LogP contribution in [0.4, 0.5) is 27.6 Å². The summed E-state index contributed by atoms with van der Waals surface area (Å²) in [6.07, 6.45) is 0.462. The lowest BCUT2D eigenvalue weighted by Crippen LogP contribution is -2.46. The maximum absolute atomic E-state index is 14.7. The molecule has 12 heteroatoms. The van der Waals surface area contributed by atoms with Crippen molar-refractivity contribution in [1.29, 1.82) is 0 Å². The number of piperidine rings is 1. The summed E-state index contributed by atoms with van der Waals surface area (Å²) in [6.45, 7) is 3.66. The van der Waals surface area contributed by atoms with Crippen molar-refractivity contribution in [2.45, 2.75) is 31.4 Å². The molecule has 0 unspecified atom stereocenters. The summed E-state index contributed by atoms with van der Waals surface area (Å²) >= 11 is 0. The number of amides is 1. The molecule has 208 valence electrons. The van der Waals surface area contributed by atoms with Crippen molar-refractivity contribution < 1.29 is 26.7 Å². The molecule has 2 N–H and O–H groups in total. The largest absolute Gasteiger partial charge is 0.417 e. The van der Waals surface area contributed by atoms with E-state index in [9.17, 15) is 26.7 Å². The number of aryl methyl sites for hydroxylation is 1. The summed E-state index contributed by atoms with van der Waals surface area (Å²) in [5.41, 5.74) is -0.465. The minimum Gasteiger partial charge on any atom is -0.379 e. The van der Waals surface area contributed by atoms with Crippen molar-refractivity contribution in [2.75, 3.05) is 38.7 Å². The van der Waals surface area contributed by atoms with Crippen molar-refractivity contribution in [1.82, 2.24) is 25.0 Å². The number of likely N-dealkylation sites (tertiary alicyclic amines) is 1. The molecule has 2 atom stereocenters. The molecule has 1 fully saturated rings. The van der Waals surface area contributed by atoms with Crippen LogP contribution < -0.4 is 10.6 Å². The second-order valence-corrected chi connectivity index (χ2v) is 9.38. The van der Waals surface area contributed by atoms with Crippen molar-refractivity contribution in [3.8, 4) is 0 Å². The fourth-order valence-electron chi connectivity index (χ4n) is 4.41. The Kier molecular flexibility index (Phi) is 8.63. The van der Waals surface area contributed by atoms with Crippen molar-refractivity contribution >= 4 is 34.0 Å². The Morgan fingerprint density at radius 1 is 1.28 bits per heavy atom. The molecule has 0 aliphatic carbocycles. The number of alkyl halides is 5. The highest BCUT2D eigenvalue weighted by Crippen LogP contribution is 2.37. The van der Waals surface area contributed by atoms with Crippen LogP contribution in [0.5, 0.6) is 0 Å². The molecular weight excluding hydrogens is 519 g/mol. The maximum Gasteiger partial charge on any atom is 0.417 e. The fourth-order valence-corrected chi connectivity index (χ4v) is 4.41. The highest BCUT2D eigenvalue weighted by atomic mass is 19.4. The number of carbonyl (C=O) groups is 1. The van der Waals surface area contributed by atoms with Gasteiger partial charge in [0.1, 0.15) is 12.8 Å². The van der Waals surface area contributed by atoms with Gasteiger partial charge in [-0.1, -0.05) is 24.8 Å². The molecule has 1 amide bonds. The van der Waals surface area contributed by atoms with E-state index in [2.05, 4.69) is 27.3 Å². The highest BCUT2D eigenvalue weighted by Gasteiger charge is 2.35. The number of anilines is 1. The van der Waals surface area contributed by atoms with Crippen LogP contribution in [0.15, 0.2) is 49.3 Å². The minimum absolute atomic E-state index is 0.0347. The van der Waals surface area contributed by atoms with E-state index in [4.69, 9.17) is 0 Å². The normalized spacial score (nSPS) is 18.5. The topological polar surface area (TPSA) is 75.1 Å². The average Bonchev–Trinajstić information content (AvgIpc) is 3.36. The van der Waals surface area contributed by atoms with Crippen molar-refractivity contribution in [3.63, 3.8) is 0 Å². The third kappa shape index (κ3) is 6.80. The van der Waals surface area contributed by atoms with Crippen LogP contribution in [-0.2, 0) is 6.54 Å². The van der Waals surface area contributed by atoms with E-state index in [1.54, 1.807) is 24.3 Å². The van der Waals surface area contributed by atoms with Gasteiger partial charge in [-0.25, -0.2) is 13.8 Å². The monoisotopic (exact) mass is 548 g/mol. The molecule has 3 heterocycles. The molecule has 4 rings (SSSR count). The third-order valence-corrected chi connectivity index (χ3v) is 6.49. The zero-order valence-electron chi connectivity index (χ0n) is 21.3. The van der Waals surface area contributed by atoms with Gasteiger partial charge in [0.05, 0.1) is 41.3 Å². The molecule has 1 aromatic carbocycles. The van der Waals surface area contributed by atoms with Gasteiger partial charge in [0.15, 0.2) is 0 Å². The molecule has 7 nitrogen and oxygen atoms in total. The Labute approximate surface area is 222 Å². The van der Waals surface area contributed by atoms with E-state index >= 15 is 0 Å². The van der Waals surface area contributed by atoms with Gasteiger partial charge < -0.3 is 15.5 Å². The van der Waals surface area contributed by atoms with E-state index in [-0.39, 0.29) is 42.0 Å². The molecule has 1 aliphatic rings. The van der Waals surface area contributed by atoms with Crippen LogP contribution in [0, 0.1) is 0 Å². The lowest BCUT2D eigenvalue weighted by molar-refractivity contribution is -0.0688. The second-order valence-electron chi connectivity index (χ2n) is 9.38. The molecule has 2 aromatic heterocycles. The Balaban J connectivity index is 1.59. The standard InChI is InChI=1S/C27H29F5N6O/c1-17(27(30,31)32)25-20-6-3-7-23(36-24-8-11-37(2)16-22(24)29)21(20)13-19(35-25)5-4-10-33-26(39)18-14-34-38(15-18)12-9-28/h3-7,13-15,22,24,36H,1,8-12,16H2,2H3,(H,33,39)/b5-4+/t22-,24+/m0/s1. The number of fused-ring (bicyclic) bond motifs is 1. The van der Waals surface area contributed by atoms with Gasteiger partial charge in [0.25, 0.3) is 5.91 Å². The summed E-state index contributed by atoms with van der Waals surface area (Å²) in [5, 5.41) is 10.4. The summed E-state index contributed by atoms with van der Waals surface area (Å²) in [5.74, 6) is -0.437. The number of allylic oxidation sites excluding steroid dienone is 1. The first kappa shape index (κ1) is 28.2. The zero-order chi connectivity index (χ0) is 28.2. The molecule has 0 radical (unpaired) electrons. The average molecular weight is 549 g/mol. The van der Waals surface area contributed by atoms with E-state index in [1.165, 1.54) is 29.2 Å². The fraction of sp³-hybridized carbons (Fsp3) is 0.370. The highest BCUT2D eigenvalue weighted by molar-refractivity contribution is 6.01. The Hall–Kier alpha value is -3.80. The Morgan fingerprint density at radius 3 is 2.79 bits per heavy atom. The van der Waals surface area contributed by atoms with Crippen molar-refractivity contribution in [2.24, 2.45) is 0 Å². The predicted octanol–water partition coefficient (Wildman–Crippen LogP) is 4.87. The first-order valence-corrected chi connectivity index (χ1v) is 12.4. The van der Waals surface area contributed by atoms with E-state index in [0.29, 0.717) is 24.0 Å². The smallest absolute Gasteiger partial charge is 0.379 e. The van der Waals surface area contributed by atoms with E-state index < -0.39 is 36.5 Å². The van der Waals surface area contributed by atoms with E-state index in [1.807, 2.05) is 11.9 Å². The molecular formula is C27H29F5N6O. The molecule has 3 aromatic rings. The van der Waals surface area contributed by atoms with Crippen LogP contribution in [0.2, 0.25) is 0 Å². The molecule has 0 spiro atoms. The number of rotatable bonds is 9. The summed E-state index contributed by atoms with van der Waals surface area (Å²) in [6, 6.07) is 5.95. The number of benzene rings is 1. The van der Waals surface area contributed by atoms with Crippen LogP contribution >= 0.6 is 0 Å². The van der Waals surface area contributed by atoms with Crippen LogP contribution in [0.25, 0.3) is 22.4 Å². The number of carbonyl (C=O) groups excluding carboxylic acids is 1. The summed E-state index contributed by atoms with van der Waals surface area (Å²) in [4.78, 5) is 18.4. The lowest BCUT2D eigenvalue weighted by atomic mass is 9.99. The molecule has 1 saturated heterocycles. The number of hydrogen-bond acceptors (Lipinski definition) is 5. The van der Waals surface area contributed by atoms with Gasteiger partial charge in [-0.3, -0.25) is 9.48 Å². The molecule has 39 heavy (non-hydrogen) atoms. The first-order valence-electron chi connectivity index (χ1n) is 12.4. The van der Waals surface area contributed by atoms with Crippen LogP contribution in [-0.4, -0.2) is 77.3 Å². The molecule has 1 aliphatic heterocycles. The molecule has 0 bridgehead atoms. The number of aromatic nitrogens is 3. The summed E-state index contributed by atoms with van der Waals surface area (Å²) < 4.78 is 69.4. The number of hydrogen-bond donors (Lipinski definition) is 2. The van der Waals surface area contributed by atoms with Gasteiger partial charge in [0, 0.05) is 42.3 Å². The van der Waals surface area contributed by atoms with E-state index in [0.717, 1.165) is 0 Å². The van der Waals surface area contributed by atoms with Gasteiger partial charge in [-0.05, 0) is 31.7 Å². The minimum atomic E-state index is -4.70. The first-order chi connectivity index (χ1) is 18.6. The maximum atomic E-state index is 14.7. The summed E-state index contributed by atoms with van der Waals surface area (Å²) in [7, 11) is 1.84. The SMILES string of the molecule is C=C(c1nc(/C=C/CNC(=O)c2cnn(CCF)c2)cc2c(N[C@@H]3CCN(C)C[C@@H]3F)cccc12)C(F)(F)F. The van der Waals surface area contributed by atoms with Crippen LogP contribution in [0.3, 0.4) is 0 Å². The third-order valence-electron chi connectivity index (χ3n) is 6.49. The van der Waals surface area contributed by atoms with Gasteiger partial charge in [0.2, 0.25) is 0 Å². The number of nitrogens with one attached hydrogen (secondary N) is 2. The molecule has 0 saturated carbocycles. The predicted molar refractivity (Wildman–Crippen MR) is 141 cm³/mol. The van der Waals surface area contributed by atoms with Gasteiger partial charge in [-0.2, -0.15) is 18.3 Å². The second kappa shape index (κ2) is 11.9.